The Bertz CT molecular complexity index is 363. The summed E-state index contributed by atoms with van der Waals surface area (Å²) in [5.74, 6) is 0.651. The van der Waals surface area contributed by atoms with Gasteiger partial charge in [-0.15, -0.1) is 0 Å². The molecule has 0 saturated carbocycles. The molecule has 1 unspecified atom stereocenters. The minimum absolute atomic E-state index is 0.177. The molecule has 102 valence electrons. The molecular weight excluding hydrogens is 250 g/mol. The van der Waals surface area contributed by atoms with Gasteiger partial charge in [0.2, 0.25) is 11.9 Å². The minimum Gasteiger partial charge on any atom is -0.463 e. The fourth-order valence-corrected chi connectivity index (χ4v) is 1.57. The van der Waals surface area contributed by atoms with Crippen LogP contribution in [0.5, 0.6) is 6.01 Å². The van der Waals surface area contributed by atoms with Crippen molar-refractivity contribution in [3.8, 4) is 6.01 Å². The van der Waals surface area contributed by atoms with Gasteiger partial charge in [0.25, 0.3) is 0 Å². The second-order valence-corrected chi connectivity index (χ2v) is 5.19. The molecular formula is C11H21N5OS. The predicted octanol–water partition coefficient (Wildman–Crippen LogP) is 1.80. The number of nitrogen functional groups attached to an aromatic ring is 1. The Morgan fingerprint density at radius 1 is 1.39 bits per heavy atom. The van der Waals surface area contributed by atoms with E-state index in [1.807, 2.05) is 18.7 Å². The zero-order valence-electron chi connectivity index (χ0n) is 11.1. The van der Waals surface area contributed by atoms with Crippen LogP contribution < -0.4 is 15.8 Å². The number of nitrogens with zero attached hydrogens (tertiary/aromatic N) is 3. The lowest BCUT2D eigenvalue weighted by atomic mass is 10.3. The van der Waals surface area contributed by atoms with Gasteiger partial charge in [0.05, 0.1) is 6.61 Å². The molecule has 1 aromatic rings. The first-order valence-electron chi connectivity index (χ1n) is 6.06. The molecule has 0 fully saturated rings. The summed E-state index contributed by atoms with van der Waals surface area (Å²) < 4.78 is 5.34. The van der Waals surface area contributed by atoms with E-state index in [9.17, 15) is 0 Å². The summed E-state index contributed by atoms with van der Waals surface area (Å²) in [6.07, 6.45) is 4.04. The molecule has 6 nitrogen and oxygen atoms in total. The van der Waals surface area contributed by atoms with Crippen LogP contribution in [0.2, 0.25) is 0 Å². The highest BCUT2D eigenvalue weighted by molar-refractivity contribution is 7.99. The summed E-state index contributed by atoms with van der Waals surface area (Å²) in [5, 5.41) is 3.74. The lowest BCUT2D eigenvalue weighted by Crippen LogP contribution is -2.12. The lowest BCUT2D eigenvalue weighted by molar-refractivity contribution is 0.292. The van der Waals surface area contributed by atoms with Crippen molar-refractivity contribution >= 4 is 23.7 Å². The number of ether oxygens (including phenoxy) is 1. The molecule has 0 spiro atoms. The molecule has 1 aromatic heterocycles. The van der Waals surface area contributed by atoms with Gasteiger partial charge in [0.15, 0.2) is 0 Å². The Labute approximate surface area is 112 Å². The van der Waals surface area contributed by atoms with Crippen LogP contribution in [-0.2, 0) is 0 Å². The molecule has 7 heteroatoms. The summed E-state index contributed by atoms with van der Waals surface area (Å²) in [5.41, 5.74) is 5.60. The van der Waals surface area contributed by atoms with Gasteiger partial charge in [0.1, 0.15) is 0 Å². The summed E-state index contributed by atoms with van der Waals surface area (Å²) in [7, 11) is 0. The van der Waals surface area contributed by atoms with Crippen LogP contribution in [0.4, 0.5) is 11.9 Å². The van der Waals surface area contributed by atoms with Gasteiger partial charge < -0.3 is 15.8 Å². The molecule has 0 aromatic carbocycles. The zero-order chi connectivity index (χ0) is 13.4. The molecule has 18 heavy (non-hydrogen) atoms. The van der Waals surface area contributed by atoms with Crippen molar-refractivity contribution in [1.29, 1.82) is 0 Å². The Morgan fingerprint density at radius 3 is 2.83 bits per heavy atom. The topological polar surface area (TPSA) is 86.0 Å². The van der Waals surface area contributed by atoms with Crippen molar-refractivity contribution in [2.24, 2.45) is 0 Å². The van der Waals surface area contributed by atoms with E-state index in [1.165, 1.54) is 0 Å². The highest BCUT2D eigenvalue weighted by atomic mass is 32.2. The first kappa shape index (κ1) is 14.8. The average molecular weight is 271 g/mol. The summed E-state index contributed by atoms with van der Waals surface area (Å²) >= 11 is 1.83. The van der Waals surface area contributed by atoms with Crippen LogP contribution in [0, 0.1) is 0 Å². The smallest absolute Gasteiger partial charge is 0.323 e. The molecule has 0 aliphatic carbocycles. The van der Waals surface area contributed by atoms with Crippen molar-refractivity contribution in [2.45, 2.75) is 31.9 Å². The predicted molar refractivity (Wildman–Crippen MR) is 76.1 cm³/mol. The molecule has 3 N–H and O–H groups in total. The fraction of sp³-hybridized carbons (Fsp3) is 0.727. The molecule has 1 heterocycles. The highest BCUT2D eigenvalue weighted by Crippen LogP contribution is 2.11. The quantitative estimate of drug-likeness (QED) is 0.745. The Kier molecular flexibility index (Phi) is 6.56. The number of rotatable bonds is 8. The Balaban J connectivity index is 2.51. The zero-order valence-corrected chi connectivity index (χ0v) is 12.0. The lowest BCUT2D eigenvalue weighted by Gasteiger charge is -2.10. The number of nitrogens with two attached hydrogens (primary N) is 1. The summed E-state index contributed by atoms with van der Waals surface area (Å²) in [6, 6.07) is 0.282. The van der Waals surface area contributed by atoms with Gasteiger partial charge in [-0.05, 0) is 19.1 Å². The van der Waals surface area contributed by atoms with Crippen LogP contribution in [0.1, 0.15) is 26.7 Å². The Hall–Kier alpha value is -1.24. The number of anilines is 2. The van der Waals surface area contributed by atoms with Crippen molar-refractivity contribution in [1.82, 2.24) is 15.0 Å². The first-order chi connectivity index (χ1) is 8.65. The number of nitrogens with one attached hydrogen (secondary N) is 1. The first-order valence-corrected chi connectivity index (χ1v) is 7.35. The van der Waals surface area contributed by atoms with Gasteiger partial charge in [-0.25, -0.2) is 0 Å². The van der Waals surface area contributed by atoms with Gasteiger partial charge in [-0.3, -0.25) is 0 Å². The number of aromatic nitrogens is 3. The third kappa shape index (κ3) is 5.39. The molecule has 0 aliphatic rings. The highest BCUT2D eigenvalue weighted by Gasteiger charge is 2.05. The van der Waals surface area contributed by atoms with E-state index in [-0.39, 0.29) is 12.0 Å². The van der Waals surface area contributed by atoms with Gasteiger partial charge in [0, 0.05) is 11.8 Å². The number of thioether (sulfide) groups is 1. The van der Waals surface area contributed by atoms with E-state index in [4.69, 9.17) is 10.5 Å². The third-order valence-electron chi connectivity index (χ3n) is 2.30. The standard InChI is InChI=1S/C11H21N5OS/c1-4-7-17-11-15-9(12)14-10(16-11)13-6-5-8(2)18-3/h8H,4-7H2,1-3H3,(H3,12,13,14,15,16). The number of hydrogen-bond donors (Lipinski definition) is 2. The van der Waals surface area contributed by atoms with Gasteiger partial charge in [-0.1, -0.05) is 13.8 Å². The van der Waals surface area contributed by atoms with E-state index in [0.717, 1.165) is 19.4 Å². The van der Waals surface area contributed by atoms with Crippen LogP contribution in [0.15, 0.2) is 0 Å². The van der Waals surface area contributed by atoms with Crippen molar-refractivity contribution in [3.63, 3.8) is 0 Å². The Morgan fingerprint density at radius 2 is 2.17 bits per heavy atom. The van der Waals surface area contributed by atoms with Crippen LogP contribution >= 0.6 is 11.8 Å². The molecule has 0 bridgehead atoms. The van der Waals surface area contributed by atoms with Crippen LogP contribution in [0.25, 0.3) is 0 Å². The van der Waals surface area contributed by atoms with Crippen molar-refractivity contribution in [2.75, 3.05) is 30.5 Å². The number of hydrogen-bond acceptors (Lipinski definition) is 7. The maximum Gasteiger partial charge on any atom is 0.323 e. The molecule has 0 saturated heterocycles. The normalized spacial score (nSPS) is 12.2. The minimum atomic E-state index is 0.177. The van der Waals surface area contributed by atoms with E-state index in [0.29, 0.717) is 17.8 Å². The molecule has 0 radical (unpaired) electrons. The van der Waals surface area contributed by atoms with E-state index in [1.54, 1.807) is 0 Å². The molecule has 1 rings (SSSR count). The summed E-state index contributed by atoms with van der Waals surface area (Å²) in [4.78, 5) is 12.1. The second kappa shape index (κ2) is 7.97. The van der Waals surface area contributed by atoms with Crippen molar-refractivity contribution in [3.05, 3.63) is 0 Å². The van der Waals surface area contributed by atoms with Gasteiger partial charge in [-0.2, -0.15) is 26.7 Å². The maximum atomic E-state index is 5.60. The molecule has 0 amide bonds. The van der Waals surface area contributed by atoms with E-state index < -0.39 is 0 Å². The maximum absolute atomic E-state index is 5.60. The average Bonchev–Trinajstić information content (AvgIpc) is 2.35. The van der Waals surface area contributed by atoms with E-state index in [2.05, 4.69) is 33.4 Å². The van der Waals surface area contributed by atoms with E-state index >= 15 is 0 Å². The second-order valence-electron chi connectivity index (χ2n) is 3.91. The molecule has 1 atom stereocenters. The van der Waals surface area contributed by atoms with Crippen LogP contribution in [0.3, 0.4) is 0 Å². The SMILES string of the molecule is CCCOc1nc(N)nc(NCCC(C)SC)n1. The van der Waals surface area contributed by atoms with Crippen molar-refractivity contribution < 1.29 is 4.74 Å². The fourth-order valence-electron chi connectivity index (χ4n) is 1.21. The molecule has 0 aliphatic heterocycles. The third-order valence-corrected chi connectivity index (χ3v) is 3.34. The van der Waals surface area contributed by atoms with Gasteiger partial charge >= 0.3 is 6.01 Å². The largest absolute Gasteiger partial charge is 0.463 e. The summed E-state index contributed by atoms with van der Waals surface area (Å²) in [6.45, 7) is 5.59. The monoisotopic (exact) mass is 271 g/mol. The van der Waals surface area contributed by atoms with Crippen LogP contribution in [-0.4, -0.2) is 39.6 Å².